The minimum absolute atomic E-state index is 0.334. The Hall–Kier alpha value is -1.31. The Kier molecular flexibility index (Phi) is 6.89. The topological polar surface area (TPSA) is 55.4 Å². The Morgan fingerprint density at radius 1 is 1.17 bits per heavy atom. The van der Waals surface area contributed by atoms with Gasteiger partial charge in [0.1, 0.15) is 0 Å². The highest BCUT2D eigenvalue weighted by atomic mass is 127. The van der Waals surface area contributed by atoms with Gasteiger partial charge in [-0.3, -0.25) is 4.79 Å². The number of hydrogen-bond acceptors (Lipinski definition) is 3. The van der Waals surface area contributed by atoms with E-state index >= 15 is 0 Å². The number of hydrogen-bond donors (Lipinski definition) is 1. The maximum absolute atomic E-state index is 11.9. The van der Waals surface area contributed by atoms with E-state index in [1.54, 1.807) is 49.4 Å². The maximum Gasteiger partial charge on any atom is 0.338 e. The maximum atomic E-state index is 11.9. The molecule has 7 heteroatoms. The van der Waals surface area contributed by atoms with Crippen molar-refractivity contribution in [1.29, 1.82) is 0 Å². The summed E-state index contributed by atoms with van der Waals surface area (Å²) >= 11 is 14.1. The van der Waals surface area contributed by atoms with Gasteiger partial charge in [0.05, 0.1) is 11.6 Å². The van der Waals surface area contributed by atoms with Crippen LogP contribution in [0.1, 0.15) is 28.9 Å². The Morgan fingerprint density at radius 2 is 1.83 bits per heavy atom. The van der Waals surface area contributed by atoms with Gasteiger partial charge in [0, 0.05) is 13.6 Å². The molecule has 2 rings (SSSR count). The summed E-state index contributed by atoms with van der Waals surface area (Å²) in [6.07, 6.45) is 0. The highest BCUT2D eigenvalue weighted by Gasteiger charge is 2.15. The zero-order valence-corrected chi connectivity index (χ0v) is 16.4. The van der Waals surface area contributed by atoms with Crippen LogP contribution in [0.25, 0.3) is 0 Å². The second-order valence-electron chi connectivity index (χ2n) is 5.04. The number of benzene rings is 2. The van der Waals surface area contributed by atoms with E-state index in [1.807, 2.05) is 0 Å². The van der Waals surface area contributed by atoms with Crippen molar-refractivity contribution in [3.8, 4) is 0 Å². The van der Waals surface area contributed by atoms with Crippen molar-refractivity contribution in [3.63, 3.8) is 0 Å². The van der Waals surface area contributed by atoms with Crippen LogP contribution < -0.4 is 5.32 Å². The first-order valence-corrected chi connectivity index (χ1v) is 8.87. The van der Waals surface area contributed by atoms with Crippen LogP contribution in [0.4, 0.5) is 0 Å². The lowest BCUT2D eigenvalue weighted by atomic mass is 10.1. The molecule has 0 radical (unpaired) electrons. The number of halogens is 3. The molecule has 0 spiro atoms. The van der Waals surface area contributed by atoms with Crippen LogP contribution in [-0.4, -0.2) is 18.5 Å². The highest BCUT2D eigenvalue weighted by Crippen LogP contribution is 2.25. The molecule has 1 atom stereocenters. The van der Waals surface area contributed by atoms with E-state index < -0.39 is 11.9 Å². The number of amides is 1. The summed E-state index contributed by atoms with van der Waals surface area (Å²) in [7, 11) is 0. The quantitative estimate of drug-likeness (QED) is 0.504. The summed E-state index contributed by atoms with van der Waals surface area (Å²) < 4.78 is 6.02. The summed E-state index contributed by atoms with van der Waals surface area (Å²) in [4.78, 5) is 23.8. The minimum Gasteiger partial charge on any atom is -0.452 e. The molecule has 1 N–H and O–H groups in total. The van der Waals surface area contributed by atoms with Gasteiger partial charge in [-0.15, -0.1) is 0 Å². The fourth-order valence-electron chi connectivity index (χ4n) is 2.01. The molecule has 2 aromatic carbocycles. The Bertz CT molecular complexity index is 750. The zero-order chi connectivity index (χ0) is 17.7. The number of carbonyl (C=O) groups is 2. The number of carbonyl (C=O) groups excluding carboxylic acids is 2. The lowest BCUT2D eigenvalue weighted by Gasteiger charge is -2.16. The van der Waals surface area contributed by atoms with E-state index in [4.69, 9.17) is 27.9 Å². The molecule has 0 aliphatic heterocycles. The third-order valence-electron chi connectivity index (χ3n) is 3.22. The van der Waals surface area contributed by atoms with E-state index in [0.29, 0.717) is 15.6 Å². The standard InChI is InChI=1S/C17H14Cl2INO3/c1-10(14-7-4-12(18)8-15(14)19)21-16(22)9-24-17(23)11-2-5-13(20)6-3-11/h2-8,10H,9H2,1H3,(H,21,22)/t10-/m0/s1. The fourth-order valence-corrected chi connectivity index (χ4v) is 2.95. The smallest absolute Gasteiger partial charge is 0.338 e. The monoisotopic (exact) mass is 477 g/mol. The molecular formula is C17H14Cl2INO3. The third kappa shape index (κ3) is 5.36. The molecular weight excluding hydrogens is 464 g/mol. The molecule has 0 saturated heterocycles. The number of esters is 1. The van der Waals surface area contributed by atoms with Crippen molar-refractivity contribution < 1.29 is 14.3 Å². The normalized spacial score (nSPS) is 11.7. The number of rotatable bonds is 5. The van der Waals surface area contributed by atoms with E-state index in [-0.39, 0.29) is 12.6 Å². The molecule has 126 valence electrons. The predicted octanol–water partition coefficient (Wildman–Crippen LogP) is 4.63. The molecule has 0 fully saturated rings. The summed E-state index contributed by atoms with van der Waals surface area (Å²) in [5.74, 6) is -0.953. The Labute approximate surface area is 163 Å². The average Bonchev–Trinajstić information content (AvgIpc) is 2.53. The van der Waals surface area contributed by atoms with Crippen molar-refractivity contribution in [1.82, 2.24) is 5.32 Å². The lowest BCUT2D eigenvalue weighted by molar-refractivity contribution is -0.124. The first-order valence-electron chi connectivity index (χ1n) is 7.04. The van der Waals surface area contributed by atoms with Crippen LogP contribution in [0.3, 0.4) is 0 Å². The first kappa shape index (κ1) is 19.0. The summed E-state index contributed by atoms with van der Waals surface area (Å²) in [5, 5.41) is 3.71. The van der Waals surface area contributed by atoms with E-state index in [9.17, 15) is 9.59 Å². The van der Waals surface area contributed by atoms with Gasteiger partial charge in [-0.25, -0.2) is 4.79 Å². The molecule has 1 amide bonds. The first-order chi connectivity index (χ1) is 11.4. The van der Waals surface area contributed by atoms with Crippen molar-refractivity contribution in [2.24, 2.45) is 0 Å². The lowest BCUT2D eigenvalue weighted by Crippen LogP contribution is -2.31. The van der Waals surface area contributed by atoms with Crippen molar-refractivity contribution >= 4 is 57.7 Å². The van der Waals surface area contributed by atoms with Crippen LogP contribution in [0, 0.1) is 3.57 Å². The molecule has 0 aliphatic rings. The largest absolute Gasteiger partial charge is 0.452 e. The van der Waals surface area contributed by atoms with E-state index in [0.717, 1.165) is 9.13 Å². The number of nitrogens with one attached hydrogen (secondary N) is 1. The molecule has 0 unspecified atom stereocenters. The molecule has 0 bridgehead atoms. The SMILES string of the molecule is C[C@H](NC(=O)COC(=O)c1ccc(I)cc1)c1ccc(Cl)cc1Cl. The summed E-state index contributed by atoms with van der Waals surface area (Å²) in [6, 6.07) is 11.6. The molecule has 2 aromatic rings. The Balaban J connectivity index is 1.88. The van der Waals surface area contributed by atoms with Gasteiger partial charge < -0.3 is 10.1 Å². The number of ether oxygens (including phenoxy) is 1. The van der Waals surface area contributed by atoms with Gasteiger partial charge in [0.2, 0.25) is 0 Å². The van der Waals surface area contributed by atoms with Crippen molar-refractivity contribution in [2.45, 2.75) is 13.0 Å². The fraction of sp³-hybridized carbons (Fsp3) is 0.176. The van der Waals surface area contributed by atoms with Gasteiger partial charge in [0.25, 0.3) is 5.91 Å². The van der Waals surface area contributed by atoms with Gasteiger partial charge >= 0.3 is 5.97 Å². The average molecular weight is 478 g/mol. The highest BCUT2D eigenvalue weighted by molar-refractivity contribution is 14.1. The van der Waals surface area contributed by atoms with Crippen LogP contribution >= 0.6 is 45.8 Å². The van der Waals surface area contributed by atoms with Crippen LogP contribution in [0.2, 0.25) is 10.0 Å². The zero-order valence-electron chi connectivity index (χ0n) is 12.7. The van der Waals surface area contributed by atoms with Gasteiger partial charge in [-0.2, -0.15) is 0 Å². The summed E-state index contributed by atoms with van der Waals surface area (Å²) in [5.41, 5.74) is 1.13. The molecule has 0 saturated carbocycles. The van der Waals surface area contributed by atoms with E-state index in [1.165, 1.54) is 0 Å². The molecule has 24 heavy (non-hydrogen) atoms. The van der Waals surface area contributed by atoms with Gasteiger partial charge in [0.15, 0.2) is 6.61 Å². The molecule has 0 aromatic heterocycles. The second-order valence-corrected chi connectivity index (χ2v) is 7.13. The van der Waals surface area contributed by atoms with Crippen molar-refractivity contribution in [3.05, 3.63) is 67.2 Å². The molecule has 0 heterocycles. The third-order valence-corrected chi connectivity index (χ3v) is 4.50. The van der Waals surface area contributed by atoms with Crippen LogP contribution in [0.5, 0.6) is 0 Å². The minimum atomic E-state index is -0.543. The van der Waals surface area contributed by atoms with Gasteiger partial charge in [-0.1, -0.05) is 29.3 Å². The summed E-state index contributed by atoms with van der Waals surface area (Å²) in [6.45, 7) is 1.42. The second kappa shape index (κ2) is 8.69. The van der Waals surface area contributed by atoms with E-state index in [2.05, 4.69) is 27.9 Å². The van der Waals surface area contributed by atoms with Crippen LogP contribution in [0.15, 0.2) is 42.5 Å². The molecule has 4 nitrogen and oxygen atoms in total. The van der Waals surface area contributed by atoms with Gasteiger partial charge in [-0.05, 0) is 71.5 Å². The molecule has 0 aliphatic carbocycles. The van der Waals surface area contributed by atoms with Crippen molar-refractivity contribution in [2.75, 3.05) is 6.61 Å². The Morgan fingerprint density at radius 3 is 2.46 bits per heavy atom. The van der Waals surface area contributed by atoms with Crippen LogP contribution in [-0.2, 0) is 9.53 Å². The predicted molar refractivity (Wildman–Crippen MR) is 102 cm³/mol.